The molecule has 0 fully saturated rings. The van der Waals surface area contributed by atoms with Gasteiger partial charge in [0, 0.05) is 24.0 Å². The van der Waals surface area contributed by atoms with Crippen LogP contribution in [0.1, 0.15) is 5.69 Å². The number of urea groups is 1. The number of nitrogens with zero attached hydrogens (tertiary/aromatic N) is 4. The number of rotatable bonds is 5. The highest BCUT2D eigenvalue weighted by Gasteiger charge is 2.09. The van der Waals surface area contributed by atoms with Crippen LogP contribution in [-0.4, -0.2) is 26.0 Å². The van der Waals surface area contributed by atoms with Crippen LogP contribution in [0.2, 0.25) is 0 Å². The third kappa shape index (κ3) is 4.99. The molecule has 2 heterocycles. The Labute approximate surface area is 175 Å². The van der Waals surface area contributed by atoms with Gasteiger partial charge in [0.1, 0.15) is 17.4 Å². The molecule has 156 valence electrons. The summed E-state index contributed by atoms with van der Waals surface area (Å²) in [5.41, 5.74) is 1.03. The highest BCUT2D eigenvalue weighted by atomic mass is 19.1. The lowest BCUT2D eigenvalue weighted by atomic mass is 10.3. The molecule has 0 aliphatic rings. The van der Waals surface area contributed by atoms with E-state index in [-0.39, 0.29) is 11.6 Å². The second-order valence-electron chi connectivity index (χ2n) is 6.46. The van der Waals surface area contributed by atoms with Gasteiger partial charge >= 0.3 is 6.03 Å². The van der Waals surface area contributed by atoms with Gasteiger partial charge in [0.2, 0.25) is 5.88 Å². The first kappa shape index (κ1) is 20.0. The highest BCUT2D eigenvalue weighted by Crippen LogP contribution is 2.22. The van der Waals surface area contributed by atoms with E-state index in [1.165, 1.54) is 0 Å². The molecule has 0 saturated carbocycles. The largest absolute Gasteiger partial charge is 0.438 e. The molecule has 8 nitrogen and oxygen atoms in total. The van der Waals surface area contributed by atoms with Crippen molar-refractivity contribution in [3.63, 3.8) is 0 Å². The summed E-state index contributed by atoms with van der Waals surface area (Å²) in [7, 11) is 0. The molecule has 31 heavy (non-hydrogen) atoms. The second kappa shape index (κ2) is 8.57. The standard InChI is InChI=1S/C21H16F2N6O2/c1-13-10-11-29(28-13)19-8-9-20(27-26-19)31-16-5-3-15(4-6-16)24-21(30)25-18-12-14(22)2-7-17(18)23/h2-12H,1H3,(H2,24,25,30). The summed E-state index contributed by atoms with van der Waals surface area (Å²) in [6, 6.07) is 13.7. The number of hydrogen-bond donors (Lipinski definition) is 2. The number of ether oxygens (including phenoxy) is 1. The number of benzene rings is 2. The van der Waals surface area contributed by atoms with Gasteiger partial charge < -0.3 is 15.4 Å². The molecule has 4 aromatic rings. The Bertz CT molecular complexity index is 1210. The number of carbonyl (C=O) groups is 1. The fraction of sp³-hybridized carbons (Fsp3) is 0.0476. The quantitative estimate of drug-likeness (QED) is 0.487. The average Bonchev–Trinajstić information content (AvgIpc) is 3.19. The molecule has 0 aliphatic heterocycles. The molecule has 2 N–H and O–H groups in total. The molecule has 0 radical (unpaired) electrons. The Morgan fingerprint density at radius 3 is 2.45 bits per heavy atom. The van der Waals surface area contributed by atoms with Crippen LogP contribution in [0.4, 0.5) is 25.0 Å². The summed E-state index contributed by atoms with van der Waals surface area (Å²) >= 11 is 0. The molecule has 2 amide bonds. The van der Waals surface area contributed by atoms with Crippen LogP contribution < -0.4 is 15.4 Å². The molecule has 0 bridgehead atoms. The molecular formula is C21H16F2N6O2. The zero-order valence-electron chi connectivity index (χ0n) is 16.2. The summed E-state index contributed by atoms with van der Waals surface area (Å²) in [6.45, 7) is 1.88. The summed E-state index contributed by atoms with van der Waals surface area (Å²) in [4.78, 5) is 12.0. The number of amides is 2. The highest BCUT2D eigenvalue weighted by molar-refractivity contribution is 5.99. The number of hydrogen-bond acceptors (Lipinski definition) is 5. The zero-order chi connectivity index (χ0) is 21.8. The number of anilines is 2. The summed E-state index contributed by atoms with van der Waals surface area (Å²) < 4.78 is 34.0. The predicted molar refractivity (Wildman–Crippen MR) is 109 cm³/mol. The molecule has 0 saturated heterocycles. The third-order valence-corrected chi connectivity index (χ3v) is 4.09. The van der Waals surface area contributed by atoms with Crippen molar-refractivity contribution in [2.45, 2.75) is 6.92 Å². The molecule has 2 aromatic heterocycles. The van der Waals surface area contributed by atoms with E-state index in [1.807, 2.05) is 13.0 Å². The topological polar surface area (TPSA) is 94.0 Å². The Hall–Kier alpha value is -4.34. The maximum Gasteiger partial charge on any atom is 0.323 e. The lowest BCUT2D eigenvalue weighted by molar-refractivity contribution is 0.262. The van der Waals surface area contributed by atoms with E-state index in [4.69, 9.17) is 4.74 Å². The van der Waals surface area contributed by atoms with Gasteiger partial charge in [-0.3, -0.25) is 0 Å². The lowest BCUT2D eigenvalue weighted by Gasteiger charge is -2.09. The molecule has 0 spiro atoms. The van der Waals surface area contributed by atoms with Crippen LogP contribution in [-0.2, 0) is 0 Å². The first-order valence-electron chi connectivity index (χ1n) is 9.14. The number of aryl methyl sites for hydroxylation is 1. The number of nitrogens with one attached hydrogen (secondary N) is 2. The van der Waals surface area contributed by atoms with Gasteiger partial charge in [0.05, 0.1) is 11.4 Å². The van der Waals surface area contributed by atoms with Crippen LogP contribution in [0.3, 0.4) is 0 Å². The molecule has 0 aliphatic carbocycles. The molecule has 0 unspecified atom stereocenters. The number of carbonyl (C=O) groups excluding carboxylic acids is 1. The van der Waals surface area contributed by atoms with E-state index in [9.17, 15) is 13.6 Å². The Kier molecular flexibility index (Phi) is 5.52. The second-order valence-corrected chi connectivity index (χ2v) is 6.46. The van der Waals surface area contributed by atoms with Crippen molar-refractivity contribution in [1.29, 1.82) is 0 Å². The maximum absolute atomic E-state index is 13.6. The van der Waals surface area contributed by atoms with Crippen molar-refractivity contribution in [3.05, 3.63) is 84.2 Å². The maximum atomic E-state index is 13.6. The van der Waals surface area contributed by atoms with E-state index in [2.05, 4.69) is 25.9 Å². The Morgan fingerprint density at radius 2 is 1.77 bits per heavy atom. The van der Waals surface area contributed by atoms with E-state index in [0.717, 1.165) is 23.9 Å². The molecule has 0 atom stereocenters. The first-order chi connectivity index (χ1) is 15.0. The van der Waals surface area contributed by atoms with E-state index in [0.29, 0.717) is 17.3 Å². The predicted octanol–water partition coefficient (Wildman–Crippen LogP) is 4.69. The Morgan fingerprint density at radius 1 is 0.968 bits per heavy atom. The van der Waals surface area contributed by atoms with Crippen LogP contribution >= 0.6 is 0 Å². The molecule has 4 rings (SSSR count). The van der Waals surface area contributed by atoms with Crippen LogP contribution in [0.15, 0.2) is 66.9 Å². The SMILES string of the molecule is Cc1ccn(-c2ccc(Oc3ccc(NC(=O)Nc4cc(F)ccc4F)cc3)nn2)n1. The van der Waals surface area contributed by atoms with Crippen molar-refractivity contribution in [2.75, 3.05) is 10.6 Å². The minimum Gasteiger partial charge on any atom is -0.438 e. The van der Waals surface area contributed by atoms with Gasteiger partial charge in [0.15, 0.2) is 5.82 Å². The van der Waals surface area contributed by atoms with Crippen molar-refractivity contribution in [2.24, 2.45) is 0 Å². The van der Waals surface area contributed by atoms with Crippen molar-refractivity contribution in [1.82, 2.24) is 20.0 Å². The molecule has 10 heteroatoms. The van der Waals surface area contributed by atoms with Gasteiger partial charge in [-0.05, 0) is 55.5 Å². The van der Waals surface area contributed by atoms with Gasteiger partial charge in [0.25, 0.3) is 0 Å². The summed E-state index contributed by atoms with van der Waals surface area (Å²) in [5, 5.41) is 17.1. The van der Waals surface area contributed by atoms with Gasteiger partial charge in [-0.15, -0.1) is 10.2 Å². The zero-order valence-corrected chi connectivity index (χ0v) is 16.2. The van der Waals surface area contributed by atoms with E-state index < -0.39 is 17.7 Å². The fourth-order valence-corrected chi connectivity index (χ4v) is 2.64. The van der Waals surface area contributed by atoms with E-state index in [1.54, 1.807) is 47.3 Å². The van der Waals surface area contributed by atoms with Crippen molar-refractivity contribution >= 4 is 17.4 Å². The average molecular weight is 422 g/mol. The van der Waals surface area contributed by atoms with Crippen LogP contribution in [0.25, 0.3) is 5.82 Å². The molecular weight excluding hydrogens is 406 g/mol. The van der Waals surface area contributed by atoms with Gasteiger partial charge in [-0.1, -0.05) is 0 Å². The van der Waals surface area contributed by atoms with Crippen molar-refractivity contribution in [3.8, 4) is 17.4 Å². The minimum absolute atomic E-state index is 0.259. The summed E-state index contributed by atoms with van der Waals surface area (Å²) in [6.07, 6.45) is 1.78. The molecule has 2 aromatic carbocycles. The lowest BCUT2D eigenvalue weighted by Crippen LogP contribution is -2.20. The monoisotopic (exact) mass is 422 g/mol. The number of aromatic nitrogens is 4. The first-order valence-corrected chi connectivity index (χ1v) is 9.14. The van der Waals surface area contributed by atoms with E-state index >= 15 is 0 Å². The summed E-state index contributed by atoms with van der Waals surface area (Å²) in [5.74, 6) is -0.0864. The van der Waals surface area contributed by atoms with Crippen LogP contribution in [0.5, 0.6) is 11.6 Å². The van der Waals surface area contributed by atoms with Crippen LogP contribution in [0, 0.1) is 18.6 Å². The fourth-order valence-electron chi connectivity index (χ4n) is 2.64. The Balaban J connectivity index is 1.35. The van der Waals surface area contributed by atoms with Gasteiger partial charge in [-0.25, -0.2) is 18.3 Å². The number of halogens is 2. The van der Waals surface area contributed by atoms with Crippen molar-refractivity contribution < 1.29 is 18.3 Å². The van der Waals surface area contributed by atoms with Gasteiger partial charge in [-0.2, -0.15) is 5.10 Å². The minimum atomic E-state index is -0.741. The smallest absolute Gasteiger partial charge is 0.323 e. The third-order valence-electron chi connectivity index (χ3n) is 4.09. The normalized spacial score (nSPS) is 10.5.